The van der Waals surface area contributed by atoms with Crippen LogP contribution in [0.5, 0.6) is 0 Å². The van der Waals surface area contributed by atoms with E-state index in [1.807, 2.05) is 29.3 Å². The number of imidazole rings is 1. The second kappa shape index (κ2) is 7.06. The van der Waals surface area contributed by atoms with E-state index in [9.17, 15) is 0 Å². The van der Waals surface area contributed by atoms with Crippen molar-refractivity contribution in [3.8, 4) is 0 Å². The van der Waals surface area contributed by atoms with E-state index in [0.29, 0.717) is 19.0 Å². The third-order valence-electron chi connectivity index (χ3n) is 4.80. The highest BCUT2D eigenvalue weighted by Gasteiger charge is 2.12. The van der Waals surface area contributed by atoms with Gasteiger partial charge in [0, 0.05) is 5.56 Å². The number of hydrazone groups is 1. The number of ether oxygens (including phenoxy) is 1. The summed E-state index contributed by atoms with van der Waals surface area (Å²) in [7, 11) is 0. The normalized spacial score (nSPS) is 15.4. The molecule has 3 heterocycles. The Morgan fingerprint density at radius 2 is 1.81 bits per heavy atom. The van der Waals surface area contributed by atoms with Crippen molar-refractivity contribution in [2.24, 2.45) is 10.8 Å². The van der Waals surface area contributed by atoms with Crippen molar-refractivity contribution >= 4 is 45.8 Å². The minimum Gasteiger partial charge on any atom is -0.382 e. The molecular weight excluding hydrogens is 362 g/mol. The molecule has 2 aromatic carbocycles. The summed E-state index contributed by atoms with van der Waals surface area (Å²) >= 11 is 0. The van der Waals surface area contributed by atoms with E-state index in [4.69, 9.17) is 15.5 Å². The maximum Gasteiger partial charge on any atom is 0.150 e. The SMILES string of the molecule is Cl.N/C(=N/N1CCOCC1)c1ccc2c(c1)nc1ccc3ccccc3n12. The van der Waals surface area contributed by atoms with Gasteiger partial charge in [-0.3, -0.25) is 9.41 Å². The third-order valence-corrected chi connectivity index (χ3v) is 4.80. The van der Waals surface area contributed by atoms with Gasteiger partial charge in [-0.25, -0.2) is 4.98 Å². The first kappa shape index (κ1) is 17.6. The van der Waals surface area contributed by atoms with E-state index >= 15 is 0 Å². The van der Waals surface area contributed by atoms with Gasteiger partial charge in [0.2, 0.25) is 0 Å². The van der Waals surface area contributed by atoms with Crippen molar-refractivity contribution in [1.82, 2.24) is 14.4 Å². The molecule has 0 radical (unpaired) electrons. The molecule has 0 amide bonds. The Morgan fingerprint density at radius 3 is 2.67 bits per heavy atom. The van der Waals surface area contributed by atoms with Crippen molar-refractivity contribution in [2.45, 2.75) is 0 Å². The number of amidine groups is 1. The predicted molar refractivity (Wildman–Crippen MR) is 111 cm³/mol. The molecule has 1 fully saturated rings. The summed E-state index contributed by atoms with van der Waals surface area (Å²) in [4.78, 5) is 4.77. The topological polar surface area (TPSA) is 68.1 Å². The number of pyridine rings is 1. The number of benzene rings is 2. The molecule has 0 bridgehead atoms. The summed E-state index contributed by atoms with van der Waals surface area (Å²) in [6, 6.07) is 18.6. The van der Waals surface area contributed by atoms with Gasteiger partial charge >= 0.3 is 0 Å². The van der Waals surface area contributed by atoms with Crippen molar-refractivity contribution in [2.75, 3.05) is 26.3 Å². The Hall–Kier alpha value is -2.83. The molecule has 1 saturated heterocycles. The van der Waals surface area contributed by atoms with Crippen molar-refractivity contribution in [3.05, 3.63) is 60.2 Å². The summed E-state index contributed by atoms with van der Waals surface area (Å²) in [5, 5.41) is 7.68. The van der Waals surface area contributed by atoms with Crippen molar-refractivity contribution in [1.29, 1.82) is 0 Å². The molecule has 1 aliphatic heterocycles. The molecule has 0 spiro atoms. The van der Waals surface area contributed by atoms with Gasteiger partial charge < -0.3 is 10.5 Å². The highest BCUT2D eigenvalue weighted by atomic mass is 35.5. The van der Waals surface area contributed by atoms with Crippen LogP contribution < -0.4 is 5.73 Å². The fourth-order valence-electron chi connectivity index (χ4n) is 3.48. The maximum atomic E-state index is 6.23. The molecule has 27 heavy (non-hydrogen) atoms. The average molecular weight is 382 g/mol. The number of nitrogens with two attached hydrogens (primary N) is 1. The lowest BCUT2D eigenvalue weighted by molar-refractivity contribution is 0.0393. The fraction of sp³-hybridized carbons (Fsp3) is 0.200. The minimum atomic E-state index is 0. The van der Waals surface area contributed by atoms with Gasteiger partial charge in [-0.1, -0.05) is 18.2 Å². The van der Waals surface area contributed by atoms with Crippen LogP contribution in [0.1, 0.15) is 5.56 Å². The maximum absolute atomic E-state index is 6.23. The Kier molecular flexibility index (Phi) is 4.59. The summed E-state index contributed by atoms with van der Waals surface area (Å²) in [6.07, 6.45) is 0. The van der Waals surface area contributed by atoms with E-state index in [1.54, 1.807) is 0 Å². The number of hydrogen-bond acceptors (Lipinski definition) is 4. The van der Waals surface area contributed by atoms with E-state index in [0.717, 1.165) is 40.9 Å². The van der Waals surface area contributed by atoms with Gasteiger partial charge in [0.05, 0.1) is 42.9 Å². The molecule has 0 saturated carbocycles. The molecule has 6 nitrogen and oxygen atoms in total. The Bertz CT molecular complexity index is 1150. The summed E-state index contributed by atoms with van der Waals surface area (Å²) in [5.41, 5.74) is 11.2. The summed E-state index contributed by atoms with van der Waals surface area (Å²) < 4.78 is 7.53. The minimum absolute atomic E-state index is 0. The largest absolute Gasteiger partial charge is 0.382 e. The first-order chi connectivity index (χ1) is 12.8. The number of para-hydroxylation sites is 1. The lowest BCUT2D eigenvalue weighted by atomic mass is 10.2. The average Bonchev–Trinajstić information content (AvgIpc) is 3.07. The number of hydrogen-bond donors (Lipinski definition) is 1. The molecule has 0 aliphatic carbocycles. The van der Waals surface area contributed by atoms with Crippen LogP contribution in [0.3, 0.4) is 0 Å². The van der Waals surface area contributed by atoms with Gasteiger partial charge in [0.15, 0.2) is 5.84 Å². The van der Waals surface area contributed by atoms with E-state index in [1.165, 1.54) is 5.39 Å². The standard InChI is InChI=1S/C20H19N5O.ClH/c21-20(23-24-9-11-26-12-10-24)15-5-7-18-16(13-15)22-19-8-6-14-3-1-2-4-17(14)25(18)19;/h1-8,13H,9-12H2,(H2,21,23);1H. The van der Waals surface area contributed by atoms with Crippen LogP contribution in [0.4, 0.5) is 0 Å². The number of fused-ring (bicyclic) bond motifs is 5. The number of morpholine rings is 1. The van der Waals surface area contributed by atoms with Crippen LogP contribution in [0.25, 0.3) is 27.6 Å². The monoisotopic (exact) mass is 381 g/mol. The molecule has 2 N–H and O–H groups in total. The zero-order valence-corrected chi connectivity index (χ0v) is 15.5. The van der Waals surface area contributed by atoms with Crippen LogP contribution >= 0.6 is 12.4 Å². The van der Waals surface area contributed by atoms with Gasteiger partial charge in [0.25, 0.3) is 0 Å². The van der Waals surface area contributed by atoms with Gasteiger partial charge in [-0.05, 0) is 41.8 Å². The second-order valence-electron chi connectivity index (χ2n) is 6.45. The Labute approximate surface area is 162 Å². The Morgan fingerprint density at radius 1 is 1.00 bits per heavy atom. The van der Waals surface area contributed by atoms with Crippen LogP contribution in [-0.4, -0.2) is 46.5 Å². The number of halogens is 1. The lowest BCUT2D eigenvalue weighted by Gasteiger charge is -2.24. The number of nitrogens with zero attached hydrogens (tertiary/aromatic N) is 4. The molecule has 1 aliphatic rings. The zero-order chi connectivity index (χ0) is 17.5. The summed E-state index contributed by atoms with van der Waals surface area (Å²) in [5.74, 6) is 0.510. The third kappa shape index (κ3) is 3.07. The van der Waals surface area contributed by atoms with Crippen molar-refractivity contribution < 1.29 is 4.74 Å². The van der Waals surface area contributed by atoms with Gasteiger partial charge in [-0.15, -0.1) is 12.4 Å². The smallest absolute Gasteiger partial charge is 0.150 e. The lowest BCUT2D eigenvalue weighted by Crippen LogP contribution is -2.34. The highest BCUT2D eigenvalue weighted by molar-refractivity contribution is 6.01. The second-order valence-corrected chi connectivity index (χ2v) is 6.45. The van der Waals surface area contributed by atoms with E-state index in [-0.39, 0.29) is 12.4 Å². The fourth-order valence-corrected chi connectivity index (χ4v) is 3.48. The zero-order valence-electron chi connectivity index (χ0n) is 14.7. The first-order valence-corrected chi connectivity index (χ1v) is 8.77. The van der Waals surface area contributed by atoms with Crippen molar-refractivity contribution in [3.63, 3.8) is 0 Å². The predicted octanol–water partition coefficient (Wildman–Crippen LogP) is 3.02. The molecule has 5 rings (SSSR count). The molecule has 7 heteroatoms. The van der Waals surface area contributed by atoms with Crippen LogP contribution in [0.15, 0.2) is 59.7 Å². The quantitative estimate of drug-likeness (QED) is 0.428. The van der Waals surface area contributed by atoms with Crippen LogP contribution in [0.2, 0.25) is 0 Å². The Balaban J connectivity index is 0.00000180. The molecule has 138 valence electrons. The molecular formula is C20H20ClN5O. The molecule has 2 aromatic heterocycles. The molecule has 0 atom stereocenters. The highest BCUT2D eigenvalue weighted by Crippen LogP contribution is 2.24. The van der Waals surface area contributed by atoms with Gasteiger partial charge in [0.1, 0.15) is 5.65 Å². The van der Waals surface area contributed by atoms with Crippen LogP contribution in [0, 0.1) is 0 Å². The van der Waals surface area contributed by atoms with Crippen LogP contribution in [-0.2, 0) is 4.74 Å². The van der Waals surface area contributed by atoms with Gasteiger partial charge in [-0.2, -0.15) is 5.10 Å². The molecule has 0 unspecified atom stereocenters. The summed E-state index contributed by atoms with van der Waals surface area (Å²) in [6.45, 7) is 2.91. The van der Waals surface area contributed by atoms with E-state index in [2.05, 4.69) is 39.8 Å². The van der Waals surface area contributed by atoms with E-state index < -0.39 is 0 Å². The number of aromatic nitrogens is 2. The molecule has 4 aromatic rings. The first-order valence-electron chi connectivity index (χ1n) is 8.77. The number of rotatable bonds is 2.